The van der Waals surface area contributed by atoms with Crippen molar-refractivity contribution in [2.24, 2.45) is 5.73 Å². The van der Waals surface area contributed by atoms with Gasteiger partial charge in [-0.15, -0.1) is 5.10 Å². The van der Waals surface area contributed by atoms with E-state index < -0.39 is 11.5 Å². The maximum atomic E-state index is 11.8. The molecule has 0 bridgehead atoms. The number of carbonyl (C=O) groups excluding carboxylic acids is 2. The van der Waals surface area contributed by atoms with E-state index in [1.165, 1.54) is 11.9 Å². The average Bonchev–Trinajstić information content (AvgIpc) is 3.23. The number of primary amides is 1. The molecule has 9 heteroatoms. The molecule has 0 fully saturated rings. The molecule has 4 rings (SSSR count). The van der Waals surface area contributed by atoms with Crippen molar-refractivity contribution >= 4 is 17.5 Å². The Balaban J connectivity index is 0.000000198. The number of benzene rings is 2. The maximum Gasteiger partial charge on any atom is 0.288 e. The molecule has 2 heterocycles. The molecule has 9 nitrogen and oxygen atoms in total. The second-order valence-corrected chi connectivity index (χ2v) is 8.60. The largest absolute Gasteiger partial charge is 0.491 e. The van der Waals surface area contributed by atoms with Crippen LogP contribution < -0.4 is 15.4 Å². The summed E-state index contributed by atoms with van der Waals surface area (Å²) in [4.78, 5) is 28.0. The normalized spacial score (nSPS) is 12.8. The monoisotopic (exact) mass is 475 g/mol. The Labute approximate surface area is 204 Å². The highest BCUT2D eigenvalue weighted by Gasteiger charge is 2.20. The number of fused-ring (bicyclic) bond motifs is 1. The van der Waals surface area contributed by atoms with Crippen molar-refractivity contribution < 1.29 is 19.4 Å². The van der Waals surface area contributed by atoms with Gasteiger partial charge in [0.2, 0.25) is 11.7 Å². The smallest absolute Gasteiger partial charge is 0.288 e. The summed E-state index contributed by atoms with van der Waals surface area (Å²) >= 11 is 0. The molecule has 0 saturated heterocycles. The van der Waals surface area contributed by atoms with Crippen LogP contribution in [0.4, 0.5) is 5.69 Å². The molecular formula is C26H29N5O4. The minimum absolute atomic E-state index is 0.0198. The number of nitrogens with zero attached hydrogens (tertiary/aromatic N) is 4. The first-order valence-corrected chi connectivity index (χ1v) is 11.1. The molecule has 1 aromatic heterocycles. The molecule has 3 aromatic rings. The number of hydrogen-bond donors (Lipinski definition) is 2. The van der Waals surface area contributed by atoms with Gasteiger partial charge in [-0.25, -0.2) is 9.67 Å². The molecule has 1 aliphatic rings. The molecule has 3 N–H and O–H groups in total. The summed E-state index contributed by atoms with van der Waals surface area (Å²) in [6.07, 6.45) is 1.88. The SMILES string of the molecule is CN1C(=O)CCOc2ccc(C#CC(C)(C)O)cc21.Cc1ccccc1Cn1cnc(C(N)=O)n1. The van der Waals surface area contributed by atoms with E-state index in [1.807, 2.05) is 37.3 Å². The van der Waals surface area contributed by atoms with Gasteiger partial charge in [-0.3, -0.25) is 9.59 Å². The van der Waals surface area contributed by atoms with Crippen molar-refractivity contribution in [2.45, 2.75) is 39.3 Å². The van der Waals surface area contributed by atoms with Gasteiger partial charge in [0.05, 0.1) is 25.3 Å². The minimum Gasteiger partial charge on any atom is -0.491 e. The topological polar surface area (TPSA) is 124 Å². The molecule has 2 aromatic carbocycles. The highest BCUT2D eigenvalue weighted by Crippen LogP contribution is 2.31. The summed E-state index contributed by atoms with van der Waals surface area (Å²) in [5.41, 5.74) is 7.81. The lowest BCUT2D eigenvalue weighted by Gasteiger charge is -2.16. The zero-order valence-corrected chi connectivity index (χ0v) is 20.3. The van der Waals surface area contributed by atoms with Gasteiger partial charge in [0.25, 0.3) is 5.91 Å². The molecule has 35 heavy (non-hydrogen) atoms. The highest BCUT2D eigenvalue weighted by molar-refractivity contribution is 5.95. The Kier molecular flexibility index (Phi) is 7.89. The van der Waals surface area contributed by atoms with Crippen LogP contribution in [0.2, 0.25) is 0 Å². The number of carbonyl (C=O) groups is 2. The van der Waals surface area contributed by atoms with E-state index in [-0.39, 0.29) is 11.7 Å². The first-order valence-electron chi connectivity index (χ1n) is 11.1. The summed E-state index contributed by atoms with van der Waals surface area (Å²) in [6.45, 7) is 6.27. The second-order valence-electron chi connectivity index (χ2n) is 8.60. The molecule has 0 radical (unpaired) electrons. The Morgan fingerprint density at radius 2 is 2.00 bits per heavy atom. The molecular weight excluding hydrogens is 446 g/mol. The number of rotatable bonds is 3. The molecule has 0 spiro atoms. The van der Waals surface area contributed by atoms with E-state index in [0.717, 1.165) is 11.1 Å². The van der Waals surface area contributed by atoms with Gasteiger partial charge < -0.3 is 20.5 Å². The van der Waals surface area contributed by atoms with Crippen molar-refractivity contribution in [2.75, 3.05) is 18.6 Å². The van der Waals surface area contributed by atoms with Crippen molar-refractivity contribution in [1.82, 2.24) is 14.8 Å². The fourth-order valence-electron chi connectivity index (χ4n) is 3.20. The Morgan fingerprint density at radius 1 is 1.26 bits per heavy atom. The summed E-state index contributed by atoms with van der Waals surface area (Å²) in [6, 6.07) is 13.4. The summed E-state index contributed by atoms with van der Waals surface area (Å²) in [5.74, 6) is 5.79. The third kappa shape index (κ3) is 7.16. The van der Waals surface area contributed by atoms with E-state index in [0.29, 0.717) is 31.0 Å². The predicted octanol–water partition coefficient (Wildman–Crippen LogP) is 2.29. The number of aryl methyl sites for hydroxylation is 1. The van der Waals surface area contributed by atoms with Crippen LogP contribution in [0, 0.1) is 18.8 Å². The lowest BCUT2D eigenvalue weighted by molar-refractivity contribution is -0.118. The van der Waals surface area contributed by atoms with Crippen LogP contribution in [0.3, 0.4) is 0 Å². The van der Waals surface area contributed by atoms with Crippen LogP contribution in [0.15, 0.2) is 48.8 Å². The molecule has 1 aliphatic heterocycles. The van der Waals surface area contributed by atoms with E-state index in [4.69, 9.17) is 10.5 Å². The standard InChI is InChI=1S/C15H17NO3.C11H12N4O/c1-15(2,18)8-6-11-4-5-13-12(10-11)16(3)14(17)7-9-19-13;1-8-4-2-3-5-9(8)6-15-7-13-11(14-15)10(12)16/h4-5,10,18H,7,9H2,1-3H3;2-5,7H,6H2,1H3,(H2,12,16). The van der Waals surface area contributed by atoms with E-state index in [9.17, 15) is 14.7 Å². The predicted molar refractivity (Wildman–Crippen MR) is 132 cm³/mol. The van der Waals surface area contributed by atoms with Crippen LogP contribution in [0.1, 0.15) is 47.6 Å². The van der Waals surface area contributed by atoms with Gasteiger partial charge in [-0.05, 0) is 50.1 Å². The zero-order valence-electron chi connectivity index (χ0n) is 20.3. The van der Waals surface area contributed by atoms with E-state index in [1.54, 1.807) is 42.6 Å². The molecule has 2 amide bonds. The van der Waals surface area contributed by atoms with Gasteiger partial charge >= 0.3 is 0 Å². The maximum absolute atomic E-state index is 11.8. The van der Waals surface area contributed by atoms with Crippen LogP contribution >= 0.6 is 0 Å². The van der Waals surface area contributed by atoms with Crippen LogP contribution in [-0.2, 0) is 11.3 Å². The van der Waals surface area contributed by atoms with Crippen molar-refractivity contribution in [3.05, 3.63) is 71.3 Å². The average molecular weight is 476 g/mol. The van der Waals surface area contributed by atoms with Gasteiger partial charge in [0.15, 0.2) is 0 Å². The van der Waals surface area contributed by atoms with E-state index in [2.05, 4.69) is 21.9 Å². The Bertz CT molecular complexity index is 1280. The molecule has 0 atom stereocenters. The van der Waals surface area contributed by atoms with Crippen molar-refractivity contribution in [3.8, 4) is 17.6 Å². The number of aliphatic hydroxyl groups is 1. The van der Waals surface area contributed by atoms with E-state index >= 15 is 0 Å². The highest BCUT2D eigenvalue weighted by atomic mass is 16.5. The lowest BCUT2D eigenvalue weighted by Crippen LogP contribution is -2.25. The lowest BCUT2D eigenvalue weighted by atomic mass is 10.1. The molecule has 0 aliphatic carbocycles. The second kappa shape index (κ2) is 10.8. The van der Waals surface area contributed by atoms with Crippen LogP contribution in [0.25, 0.3) is 0 Å². The summed E-state index contributed by atoms with van der Waals surface area (Å²) < 4.78 is 7.13. The Morgan fingerprint density at radius 3 is 2.66 bits per heavy atom. The Hall–Kier alpha value is -4.16. The first kappa shape index (κ1) is 25.5. The number of ether oxygens (including phenoxy) is 1. The quantitative estimate of drug-likeness (QED) is 0.560. The molecule has 0 saturated carbocycles. The summed E-state index contributed by atoms with van der Waals surface area (Å²) in [5, 5.41) is 13.6. The summed E-state index contributed by atoms with van der Waals surface area (Å²) in [7, 11) is 1.73. The number of hydrogen-bond acceptors (Lipinski definition) is 6. The first-order chi connectivity index (χ1) is 16.5. The number of anilines is 1. The zero-order chi connectivity index (χ0) is 25.6. The fraction of sp³-hybridized carbons (Fsp3) is 0.308. The van der Waals surface area contributed by atoms with Gasteiger partial charge in [-0.2, -0.15) is 0 Å². The minimum atomic E-state index is -1.04. The fourth-order valence-corrected chi connectivity index (χ4v) is 3.20. The van der Waals surface area contributed by atoms with Crippen LogP contribution in [0.5, 0.6) is 5.75 Å². The molecule has 0 unspecified atom stereocenters. The third-order valence-electron chi connectivity index (χ3n) is 5.13. The number of aromatic nitrogens is 3. The van der Waals surface area contributed by atoms with Gasteiger partial charge in [-0.1, -0.05) is 36.1 Å². The third-order valence-corrected chi connectivity index (χ3v) is 5.13. The number of nitrogens with two attached hydrogens (primary N) is 1. The van der Waals surface area contributed by atoms with Crippen molar-refractivity contribution in [3.63, 3.8) is 0 Å². The van der Waals surface area contributed by atoms with Gasteiger partial charge in [0, 0.05) is 12.6 Å². The van der Waals surface area contributed by atoms with Crippen molar-refractivity contribution in [1.29, 1.82) is 0 Å². The number of amides is 2. The van der Waals surface area contributed by atoms with Crippen LogP contribution in [-0.4, -0.2) is 50.9 Å². The molecule has 182 valence electrons. The van der Waals surface area contributed by atoms with Gasteiger partial charge in [0.1, 0.15) is 17.7 Å².